The van der Waals surface area contributed by atoms with Crippen molar-refractivity contribution in [3.05, 3.63) is 35.4 Å². The number of carbonyl (C=O) groups is 1. The van der Waals surface area contributed by atoms with E-state index in [1.165, 1.54) is 19.2 Å². The van der Waals surface area contributed by atoms with Gasteiger partial charge < -0.3 is 10.1 Å². The molecule has 0 saturated carbocycles. The molecule has 0 heterocycles. The summed E-state index contributed by atoms with van der Waals surface area (Å²) in [7, 11) is 1.26. The normalized spacial score (nSPS) is 14.1. The number of halogens is 2. The Hall–Kier alpha value is -1.49. The van der Waals surface area contributed by atoms with Gasteiger partial charge in [0.15, 0.2) is 11.6 Å². The lowest BCUT2D eigenvalue weighted by Crippen LogP contribution is -2.42. The van der Waals surface area contributed by atoms with Gasteiger partial charge in [0, 0.05) is 5.56 Å². The second kappa shape index (κ2) is 5.91. The van der Waals surface area contributed by atoms with Crippen LogP contribution in [-0.4, -0.2) is 19.6 Å². The minimum atomic E-state index is -0.992. The van der Waals surface area contributed by atoms with Crippen LogP contribution in [0.1, 0.15) is 25.8 Å². The molecule has 3 nitrogen and oxygen atoms in total. The van der Waals surface area contributed by atoms with Gasteiger partial charge in [-0.15, -0.1) is 0 Å². The van der Waals surface area contributed by atoms with E-state index in [0.29, 0.717) is 6.54 Å². The Balaban J connectivity index is 3.17. The van der Waals surface area contributed by atoms with Gasteiger partial charge in [-0.1, -0.05) is 19.1 Å². The zero-order valence-electron chi connectivity index (χ0n) is 10.7. The van der Waals surface area contributed by atoms with Crippen LogP contribution >= 0.6 is 0 Å². The van der Waals surface area contributed by atoms with Gasteiger partial charge in [0.25, 0.3) is 0 Å². The molecule has 1 aromatic carbocycles. The van der Waals surface area contributed by atoms with E-state index < -0.39 is 23.1 Å². The maximum atomic E-state index is 13.8. The number of hydrogen-bond acceptors (Lipinski definition) is 3. The number of hydrogen-bond donors (Lipinski definition) is 1. The van der Waals surface area contributed by atoms with Crippen molar-refractivity contribution in [3.63, 3.8) is 0 Å². The molecule has 5 heteroatoms. The van der Waals surface area contributed by atoms with Gasteiger partial charge in [-0.25, -0.2) is 8.78 Å². The fraction of sp³-hybridized carbons (Fsp3) is 0.462. The number of benzene rings is 1. The first-order valence-electron chi connectivity index (χ1n) is 5.71. The van der Waals surface area contributed by atoms with Crippen LogP contribution in [-0.2, 0) is 15.1 Å². The summed E-state index contributed by atoms with van der Waals surface area (Å²) in [5.41, 5.74) is -0.872. The van der Waals surface area contributed by atoms with E-state index in [9.17, 15) is 13.6 Å². The van der Waals surface area contributed by atoms with Crippen LogP contribution in [0, 0.1) is 11.6 Å². The molecule has 0 saturated heterocycles. The minimum Gasteiger partial charge on any atom is -0.469 e. The van der Waals surface area contributed by atoms with Gasteiger partial charge in [-0.3, -0.25) is 4.79 Å². The van der Waals surface area contributed by atoms with Crippen molar-refractivity contribution < 1.29 is 18.3 Å². The summed E-state index contributed by atoms with van der Waals surface area (Å²) >= 11 is 0. The highest BCUT2D eigenvalue weighted by molar-refractivity contribution is 5.71. The molecule has 0 aliphatic heterocycles. The van der Waals surface area contributed by atoms with E-state index >= 15 is 0 Å². The summed E-state index contributed by atoms with van der Waals surface area (Å²) in [5.74, 6) is -2.35. The summed E-state index contributed by atoms with van der Waals surface area (Å²) < 4.78 is 31.6. The molecule has 0 fully saturated rings. The fourth-order valence-corrected chi connectivity index (χ4v) is 1.93. The summed E-state index contributed by atoms with van der Waals surface area (Å²) in [5, 5.41) is 3.00. The van der Waals surface area contributed by atoms with Crippen molar-refractivity contribution >= 4 is 5.97 Å². The first-order valence-corrected chi connectivity index (χ1v) is 5.71. The predicted molar refractivity (Wildman–Crippen MR) is 64.0 cm³/mol. The van der Waals surface area contributed by atoms with Crippen LogP contribution < -0.4 is 5.32 Å². The van der Waals surface area contributed by atoms with Gasteiger partial charge in [0.05, 0.1) is 19.1 Å². The van der Waals surface area contributed by atoms with Crippen molar-refractivity contribution in [1.82, 2.24) is 5.32 Å². The van der Waals surface area contributed by atoms with Crippen LogP contribution in [0.5, 0.6) is 0 Å². The van der Waals surface area contributed by atoms with E-state index in [4.69, 9.17) is 0 Å². The van der Waals surface area contributed by atoms with E-state index in [-0.39, 0.29) is 12.0 Å². The lowest BCUT2D eigenvalue weighted by molar-refractivity contribution is -0.142. The predicted octanol–water partition coefficient (Wildman–Crippen LogP) is 2.35. The van der Waals surface area contributed by atoms with Gasteiger partial charge in [0.2, 0.25) is 0 Å². The molecule has 1 aromatic rings. The van der Waals surface area contributed by atoms with E-state index in [1.54, 1.807) is 6.92 Å². The molecule has 18 heavy (non-hydrogen) atoms. The highest BCUT2D eigenvalue weighted by Crippen LogP contribution is 2.28. The maximum Gasteiger partial charge on any atom is 0.307 e. The quantitative estimate of drug-likeness (QED) is 0.823. The lowest BCUT2D eigenvalue weighted by Gasteiger charge is -2.30. The Kier molecular flexibility index (Phi) is 4.78. The van der Waals surface area contributed by atoms with Gasteiger partial charge in [0.1, 0.15) is 0 Å². The van der Waals surface area contributed by atoms with Crippen LogP contribution in [0.25, 0.3) is 0 Å². The average Bonchev–Trinajstić information content (AvgIpc) is 2.32. The second-order valence-electron chi connectivity index (χ2n) is 4.22. The molecule has 1 rings (SSSR count). The number of ether oxygens (including phenoxy) is 1. The smallest absolute Gasteiger partial charge is 0.307 e. The monoisotopic (exact) mass is 257 g/mol. The summed E-state index contributed by atoms with van der Waals surface area (Å²) in [6, 6.07) is 3.92. The third kappa shape index (κ3) is 3.04. The van der Waals surface area contributed by atoms with Crippen LogP contribution in [0.15, 0.2) is 18.2 Å². The number of rotatable bonds is 5. The van der Waals surface area contributed by atoms with E-state index in [1.807, 2.05) is 6.92 Å². The number of esters is 1. The standard InChI is InChI=1S/C13H17F2NO2/c1-4-16-13(2,8-11(17)18-3)9-6-5-7-10(14)12(9)15/h5-7,16H,4,8H2,1-3H3. The fourth-order valence-electron chi connectivity index (χ4n) is 1.93. The summed E-state index contributed by atoms with van der Waals surface area (Å²) in [4.78, 5) is 11.4. The van der Waals surface area contributed by atoms with Gasteiger partial charge >= 0.3 is 5.97 Å². The summed E-state index contributed by atoms with van der Waals surface area (Å²) in [6.07, 6.45) is -0.0717. The lowest BCUT2D eigenvalue weighted by atomic mass is 9.88. The van der Waals surface area contributed by atoms with E-state index in [2.05, 4.69) is 10.1 Å². The molecule has 0 bridgehead atoms. The first-order chi connectivity index (χ1) is 8.44. The Labute approximate surface area is 105 Å². The number of carbonyl (C=O) groups excluding carboxylic acids is 1. The zero-order valence-corrected chi connectivity index (χ0v) is 10.7. The molecule has 1 N–H and O–H groups in total. The molecule has 0 radical (unpaired) electrons. The molecular weight excluding hydrogens is 240 g/mol. The van der Waals surface area contributed by atoms with Gasteiger partial charge in [-0.05, 0) is 19.5 Å². The highest BCUT2D eigenvalue weighted by Gasteiger charge is 2.32. The van der Waals surface area contributed by atoms with Crippen molar-refractivity contribution in [1.29, 1.82) is 0 Å². The van der Waals surface area contributed by atoms with Crippen LogP contribution in [0.2, 0.25) is 0 Å². The Morgan fingerprint density at radius 3 is 2.67 bits per heavy atom. The Morgan fingerprint density at radius 2 is 2.11 bits per heavy atom. The zero-order chi connectivity index (χ0) is 13.8. The van der Waals surface area contributed by atoms with E-state index in [0.717, 1.165) is 6.07 Å². The van der Waals surface area contributed by atoms with Crippen molar-refractivity contribution in [2.24, 2.45) is 0 Å². The Bertz CT molecular complexity index is 437. The molecule has 1 unspecified atom stereocenters. The SMILES string of the molecule is CCNC(C)(CC(=O)OC)c1cccc(F)c1F. The van der Waals surface area contributed by atoms with Crippen molar-refractivity contribution in [2.45, 2.75) is 25.8 Å². The highest BCUT2D eigenvalue weighted by atomic mass is 19.2. The number of nitrogens with one attached hydrogen (secondary N) is 1. The van der Waals surface area contributed by atoms with Crippen molar-refractivity contribution in [3.8, 4) is 0 Å². The molecule has 100 valence electrons. The van der Waals surface area contributed by atoms with Crippen LogP contribution in [0.3, 0.4) is 0 Å². The molecule has 0 amide bonds. The topological polar surface area (TPSA) is 38.3 Å². The summed E-state index contributed by atoms with van der Waals surface area (Å²) in [6.45, 7) is 3.99. The largest absolute Gasteiger partial charge is 0.469 e. The maximum absolute atomic E-state index is 13.8. The Morgan fingerprint density at radius 1 is 1.44 bits per heavy atom. The molecular formula is C13H17F2NO2. The third-order valence-corrected chi connectivity index (χ3v) is 2.84. The second-order valence-corrected chi connectivity index (χ2v) is 4.22. The molecule has 0 spiro atoms. The molecule has 0 aliphatic carbocycles. The molecule has 0 aromatic heterocycles. The van der Waals surface area contributed by atoms with Crippen molar-refractivity contribution in [2.75, 3.05) is 13.7 Å². The number of methoxy groups -OCH3 is 1. The average molecular weight is 257 g/mol. The molecule has 1 atom stereocenters. The minimum absolute atomic E-state index is 0.0717. The first kappa shape index (κ1) is 14.6. The van der Waals surface area contributed by atoms with Gasteiger partial charge in [-0.2, -0.15) is 0 Å². The molecule has 0 aliphatic rings. The third-order valence-electron chi connectivity index (χ3n) is 2.84. The van der Waals surface area contributed by atoms with Crippen LogP contribution in [0.4, 0.5) is 8.78 Å².